The summed E-state index contributed by atoms with van der Waals surface area (Å²) >= 11 is 5.98. The highest BCUT2D eigenvalue weighted by atomic mass is 35.5. The number of nitrogens with zero attached hydrogens (tertiary/aromatic N) is 2. The molecule has 1 aromatic carbocycles. The Bertz CT molecular complexity index is 694. The molecule has 4 nitrogen and oxygen atoms in total. The third-order valence-electron chi connectivity index (χ3n) is 4.15. The first-order chi connectivity index (χ1) is 11.1. The molecule has 1 amide bonds. The molecule has 23 heavy (non-hydrogen) atoms. The quantitative estimate of drug-likeness (QED) is 0.913. The van der Waals surface area contributed by atoms with Crippen molar-refractivity contribution in [3.05, 3.63) is 52.8 Å². The Balaban J connectivity index is 1.71. The zero-order valence-corrected chi connectivity index (χ0v) is 13.9. The zero-order chi connectivity index (χ0) is 16.2. The molecular formula is C18H20ClN3O. The van der Waals surface area contributed by atoms with Crippen LogP contribution >= 0.6 is 11.6 Å². The SMILES string of the molecule is Cc1ccc(Cl)cc1NC(=O)c1ccc(N2CCCCC2)cn1. The first kappa shape index (κ1) is 15.8. The van der Waals surface area contributed by atoms with Gasteiger partial charge in [-0.2, -0.15) is 0 Å². The van der Waals surface area contributed by atoms with Gasteiger partial charge in [0, 0.05) is 23.8 Å². The van der Waals surface area contributed by atoms with Gasteiger partial charge in [-0.05, 0) is 56.0 Å². The van der Waals surface area contributed by atoms with Gasteiger partial charge in [0.25, 0.3) is 5.91 Å². The number of benzene rings is 1. The Labute approximate surface area is 141 Å². The number of halogens is 1. The van der Waals surface area contributed by atoms with Gasteiger partial charge in [-0.3, -0.25) is 4.79 Å². The largest absolute Gasteiger partial charge is 0.370 e. The molecule has 0 bridgehead atoms. The summed E-state index contributed by atoms with van der Waals surface area (Å²) in [4.78, 5) is 19.0. The molecule has 1 aliphatic heterocycles. The number of pyridine rings is 1. The summed E-state index contributed by atoms with van der Waals surface area (Å²) in [5, 5.41) is 3.46. The predicted octanol–water partition coefficient (Wildman–Crippen LogP) is 4.29. The number of aromatic nitrogens is 1. The van der Waals surface area contributed by atoms with Crippen molar-refractivity contribution in [3.8, 4) is 0 Å². The summed E-state index contributed by atoms with van der Waals surface area (Å²) in [5.41, 5.74) is 3.17. The van der Waals surface area contributed by atoms with E-state index in [0.29, 0.717) is 16.4 Å². The van der Waals surface area contributed by atoms with E-state index in [-0.39, 0.29) is 5.91 Å². The van der Waals surface area contributed by atoms with Crippen LogP contribution in [-0.2, 0) is 0 Å². The van der Waals surface area contributed by atoms with Crippen LogP contribution in [0.5, 0.6) is 0 Å². The highest BCUT2D eigenvalue weighted by Gasteiger charge is 2.13. The second kappa shape index (κ2) is 7.01. The van der Waals surface area contributed by atoms with Gasteiger partial charge in [-0.25, -0.2) is 4.98 Å². The fourth-order valence-corrected chi connectivity index (χ4v) is 2.95. The molecule has 1 N–H and O–H groups in total. The lowest BCUT2D eigenvalue weighted by atomic mass is 10.1. The molecule has 0 radical (unpaired) electrons. The molecule has 2 heterocycles. The fraction of sp³-hybridized carbons (Fsp3) is 0.333. The summed E-state index contributed by atoms with van der Waals surface area (Å²) in [6.45, 7) is 4.06. The van der Waals surface area contributed by atoms with Crippen LogP contribution in [0.25, 0.3) is 0 Å². The maximum absolute atomic E-state index is 12.3. The molecule has 0 saturated carbocycles. The molecule has 1 aromatic heterocycles. The van der Waals surface area contributed by atoms with Crippen LogP contribution in [0, 0.1) is 6.92 Å². The topological polar surface area (TPSA) is 45.2 Å². The van der Waals surface area contributed by atoms with Crippen LogP contribution in [0.15, 0.2) is 36.5 Å². The van der Waals surface area contributed by atoms with Crippen LogP contribution < -0.4 is 10.2 Å². The van der Waals surface area contributed by atoms with Gasteiger partial charge in [0.05, 0.1) is 11.9 Å². The molecule has 0 spiro atoms. The number of carbonyl (C=O) groups is 1. The molecule has 0 atom stereocenters. The third-order valence-corrected chi connectivity index (χ3v) is 4.38. The van der Waals surface area contributed by atoms with Crippen molar-refractivity contribution in [1.29, 1.82) is 0 Å². The van der Waals surface area contributed by atoms with Crippen molar-refractivity contribution < 1.29 is 4.79 Å². The Morgan fingerprint density at radius 3 is 2.65 bits per heavy atom. The highest BCUT2D eigenvalue weighted by molar-refractivity contribution is 6.31. The smallest absolute Gasteiger partial charge is 0.274 e. The molecular weight excluding hydrogens is 310 g/mol. The van der Waals surface area contributed by atoms with Gasteiger partial charge in [0.2, 0.25) is 0 Å². The second-order valence-corrected chi connectivity index (χ2v) is 6.30. The van der Waals surface area contributed by atoms with E-state index >= 15 is 0 Å². The van der Waals surface area contributed by atoms with E-state index in [9.17, 15) is 4.79 Å². The first-order valence-electron chi connectivity index (χ1n) is 7.92. The number of carbonyl (C=O) groups excluding carboxylic acids is 1. The van der Waals surface area contributed by atoms with E-state index in [1.165, 1.54) is 19.3 Å². The average Bonchev–Trinajstić information content (AvgIpc) is 2.59. The van der Waals surface area contributed by atoms with Crippen LogP contribution in [0.1, 0.15) is 35.3 Å². The fourth-order valence-electron chi connectivity index (χ4n) is 2.77. The van der Waals surface area contributed by atoms with E-state index in [1.807, 2.05) is 19.1 Å². The number of hydrogen-bond donors (Lipinski definition) is 1. The molecule has 2 aromatic rings. The Hall–Kier alpha value is -2.07. The normalized spacial score (nSPS) is 14.6. The summed E-state index contributed by atoms with van der Waals surface area (Å²) in [6.07, 6.45) is 5.51. The number of anilines is 2. The molecule has 5 heteroatoms. The van der Waals surface area contributed by atoms with Gasteiger partial charge in [0.15, 0.2) is 0 Å². The van der Waals surface area contributed by atoms with Crippen molar-refractivity contribution in [2.75, 3.05) is 23.3 Å². The zero-order valence-electron chi connectivity index (χ0n) is 13.2. The minimum absolute atomic E-state index is 0.222. The standard InChI is InChI=1S/C18H20ClN3O/c1-13-5-6-14(19)11-17(13)21-18(23)16-8-7-15(12-20-16)22-9-3-2-4-10-22/h5-8,11-12H,2-4,9-10H2,1H3,(H,21,23). The van der Waals surface area contributed by atoms with Crippen LogP contribution in [0.4, 0.5) is 11.4 Å². The summed E-state index contributed by atoms with van der Waals surface area (Å²) in [5.74, 6) is -0.222. The van der Waals surface area contributed by atoms with E-state index in [1.54, 1.807) is 24.4 Å². The maximum Gasteiger partial charge on any atom is 0.274 e. The van der Waals surface area contributed by atoms with Crippen molar-refractivity contribution in [3.63, 3.8) is 0 Å². The molecule has 0 aliphatic carbocycles. The lowest BCUT2D eigenvalue weighted by Gasteiger charge is -2.28. The highest BCUT2D eigenvalue weighted by Crippen LogP contribution is 2.22. The van der Waals surface area contributed by atoms with Gasteiger partial charge in [-0.15, -0.1) is 0 Å². The maximum atomic E-state index is 12.3. The molecule has 0 unspecified atom stereocenters. The number of rotatable bonds is 3. The number of hydrogen-bond acceptors (Lipinski definition) is 3. The van der Waals surface area contributed by atoms with Crippen molar-refractivity contribution >= 4 is 28.9 Å². The second-order valence-electron chi connectivity index (χ2n) is 5.86. The van der Waals surface area contributed by atoms with Crippen molar-refractivity contribution in [2.24, 2.45) is 0 Å². The first-order valence-corrected chi connectivity index (χ1v) is 8.30. The van der Waals surface area contributed by atoms with Gasteiger partial charge < -0.3 is 10.2 Å². The van der Waals surface area contributed by atoms with Gasteiger partial charge >= 0.3 is 0 Å². The van der Waals surface area contributed by atoms with E-state index in [2.05, 4.69) is 15.2 Å². The number of piperidine rings is 1. The summed E-state index contributed by atoms with van der Waals surface area (Å²) in [7, 11) is 0. The average molecular weight is 330 g/mol. The van der Waals surface area contributed by atoms with Gasteiger partial charge in [0.1, 0.15) is 5.69 Å². The van der Waals surface area contributed by atoms with E-state index in [0.717, 1.165) is 24.3 Å². The minimum Gasteiger partial charge on any atom is -0.370 e. The van der Waals surface area contributed by atoms with Crippen molar-refractivity contribution in [1.82, 2.24) is 4.98 Å². The molecule has 1 fully saturated rings. The molecule has 3 rings (SSSR count). The number of aryl methyl sites for hydroxylation is 1. The lowest BCUT2D eigenvalue weighted by molar-refractivity contribution is 0.102. The van der Waals surface area contributed by atoms with Crippen LogP contribution in [0.3, 0.4) is 0 Å². The summed E-state index contributed by atoms with van der Waals surface area (Å²) in [6, 6.07) is 9.18. The Morgan fingerprint density at radius 1 is 1.17 bits per heavy atom. The van der Waals surface area contributed by atoms with Crippen LogP contribution in [0.2, 0.25) is 5.02 Å². The number of nitrogens with one attached hydrogen (secondary N) is 1. The monoisotopic (exact) mass is 329 g/mol. The molecule has 120 valence electrons. The Morgan fingerprint density at radius 2 is 1.96 bits per heavy atom. The molecule has 1 saturated heterocycles. The predicted molar refractivity (Wildman–Crippen MR) is 94.4 cm³/mol. The van der Waals surface area contributed by atoms with Gasteiger partial charge in [-0.1, -0.05) is 17.7 Å². The van der Waals surface area contributed by atoms with Crippen molar-refractivity contribution in [2.45, 2.75) is 26.2 Å². The van der Waals surface area contributed by atoms with E-state index < -0.39 is 0 Å². The van der Waals surface area contributed by atoms with E-state index in [4.69, 9.17) is 11.6 Å². The number of amides is 1. The summed E-state index contributed by atoms with van der Waals surface area (Å²) < 4.78 is 0. The Kier molecular flexibility index (Phi) is 4.82. The minimum atomic E-state index is -0.222. The molecule has 1 aliphatic rings. The lowest BCUT2D eigenvalue weighted by Crippen LogP contribution is -2.29. The third kappa shape index (κ3) is 3.82. The van der Waals surface area contributed by atoms with Crippen LogP contribution in [-0.4, -0.2) is 24.0 Å².